The Bertz CT molecular complexity index is 950. The fourth-order valence-corrected chi connectivity index (χ4v) is 4.10. The molecule has 1 atom stereocenters. The van der Waals surface area contributed by atoms with Crippen LogP contribution in [0.1, 0.15) is 51.0 Å². The van der Waals surface area contributed by atoms with E-state index in [1.165, 1.54) is 12.1 Å². The molecule has 2 aliphatic rings. The molecule has 4 rings (SSSR count). The molecule has 0 N–H and O–H groups in total. The van der Waals surface area contributed by atoms with Gasteiger partial charge in [-0.25, -0.2) is 13.6 Å². The molecular weight excluding hydrogens is 392 g/mol. The Labute approximate surface area is 174 Å². The molecule has 1 aliphatic heterocycles. The Morgan fingerprint density at radius 1 is 1.10 bits per heavy atom. The lowest BCUT2D eigenvalue weighted by molar-refractivity contribution is 0.142. The molecule has 1 fully saturated rings. The monoisotopic (exact) mass is 419 g/mol. The van der Waals surface area contributed by atoms with Gasteiger partial charge in [0.25, 0.3) is 0 Å². The molecule has 1 saturated carbocycles. The van der Waals surface area contributed by atoms with Crippen molar-refractivity contribution in [2.24, 2.45) is 0 Å². The zero-order valence-corrected chi connectivity index (χ0v) is 17.4. The Morgan fingerprint density at radius 3 is 2.50 bits per heavy atom. The van der Waals surface area contributed by atoms with Crippen LogP contribution >= 0.6 is 0 Å². The number of hydrogen-bond donors (Lipinski definition) is 0. The average molecular weight is 419 g/mol. The zero-order chi connectivity index (χ0) is 21.3. The normalized spacial score (nSPS) is 19.5. The van der Waals surface area contributed by atoms with E-state index in [4.69, 9.17) is 9.47 Å². The van der Waals surface area contributed by atoms with Crippen LogP contribution in [0.3, 0.4) is 0 Å². The van der Waals surface area contributed by atoms with Gasteiger partial charge in [0.1, 0.15) is 12.4 Å². The van der Waals surface area contributed by atoms with E-state index in [2.05, 4.69) is 11.9 Å². The van der Waals surface area contributed by atoms with Gasteiger partial charge in [0.2, 0.25) is 5.88 Å². The number of aromatic nitrogens is 2. The van der Waals surface area contributed by atoms with E-state index in [1.54, 1.807) is 10.6 Å². The Kier molecular flexibility index (Phi) is 5.92. The van der Waals surface area contributed by atoms with Crippen molar-refractivity contribution < 1.29 is 18.3 Å². The van der Waals surface area contributed by atoms with Crippen LogP contribution in [-0.4, -0.2) is 28.7 Å². The van der Waals surface area contributed by atoms with Crippen LogP contribution in [0.4, 0.5) is 14.6 Å². The van der Waals surface area contributed by atoms with Crippen LogP contribution in [0.25, 0.3) is 0 Å². The summed E-state index contributed by atoms with van der Waals surface area (Å²) in [6.07, 6.45) is 5.52. The molecule has 0 spiro atoms. The van der Waals surface area contributed by atoms with Crippen molar-refractivity contribution in [3.05, 3.63) is 45.9 Å². The third kappa shape index (κ3) is 4.27. The summed E-state index contributed by atoms with van der Waals surface area (Å²) >= 11 is 0. The van der Waals surface area contributed by atoms with Crippen molar-refractivity contribution >= 4 is 5.82 Å². The lowest BCUT2D eigenvalue weighted by Gasteiger charge is -2.34. The predicted octanol–water partition coefficient (Wildman–Crippen LogP) is 4.04. The van der Waals surface area contributed by atoms with Gasteiger partial charge >= 0.3 is 5.69 Å². The third-order valence-electron chi connectivity index (χ3n) is 6.04. The number of anilines is 1. The first kappa shape index (κ1) is 20.6. The number of rotatable bonds is 5. The SMILES string of the molecule is C[C@H]1CCn2c(cc(OCc3cc(F)c(OC4CCCCC4)c(F)c3)nc2=O)N1C. The lowest BCUT2D eigenvalue weighted by atomic mass is 9.98. The maximum Gasteiger partial charge on any atom is 0.352 e. The van der Waals surface area contributed by atoms with Crippen LogP contribution in [0.5, 0.6) is 11.6 Å². The van der Waals surface area contributed by atoms with E-state index in [0.717, 1.165) is 44.3 Å². The van der Waals surface area contributed by atoms with Gasteiger partial charge in [-0.1, -0.05) is 6.42 Å². The van der Waals surface area contributed by atoms with Crippen molar-refractivity contribution in [2.75, 3.05) is 11.9 Å². The molecule has 0 bridgehead atoms. The van der Waals surface area contributed by atoms with Gasteiger partial charge in [-0.15, -0.1) is 0 Å². The molecule has 1 aromatic carbocycles. The summed E-state index contributed by atoms with van der Waals surface area (Å²) in [6, 6.07) is 4.39. The van der Waals surface area contributed by atoms with Crippen molar-refractivity contribution in [3.63, 3.8) is 0 Å². The van der Waals surface area contributed by atoms with Crippen LogP contribution in [-0.2, 0) is 13.2 Å². The quantitative estimate of drug-likeness (QED) is 0.732. The number of fused-ring (bicyclic) bond motifs is 1. The Balaban J connectivity index is 1.48. The van der Waals surface area contributed by atoms with Gasteiger partial charge in [0.15, 0.2) is 17.4 Å². The summed E-state index contributed by atoms with van der Waals surface area (Å²) in [5.74, 6) is -0.961. The zero-order valence-electron chi connectivity index (χ0n) is 17.4. The highest BCUT2D eigenvalue weighted by molar-refractivity contribution is 5.44. The third-order valence-corrected chi connectivity index (χ3v) is 6.04. The van der Waals surface area contributed by atoms with Gasteiger partial charge in [-0.05, 0) is 56.7 Å². The molecule has 6 nitrogen and oxygen atoms in total. The second kappa shape index (κ2) is 8.62. The van der Waals surface area contributed by atoms with Crippen molar-refractivity contribution in [1.29, 1.82) is 0 Å². The number of benzene rings is 1. The molecule has 2 aromatic rings. The molecule has 0 amide bonds. The Morgan fingerprint density at radius 2 is 1.80 bits per heavy atom. The minimum absolute atomic E-state index is 0.104. The van der Waals surface area contributed by atoms with Gasteiger partial charge in [0.05, 0.1) is 6.10 Å². The molecule has 0 radical (unpaired) electrons. The summed E-state index contributed by atoms with van der Waals surface area (Å²) in [6.45, 7) is 2.58. The van der Waals surface area contributed by atoms with E-state index in [9.17, 15) is 13.6 Å². The molecule has 0 saturated heterocycles. The van der Waals surface area contributed by atoms with E-state index < -0.39 is 17.3 Å². The summed E-state index contributed by atoms with van der Waals surface area (Å²) in [5.41, 5.74) is -0.0859. The molecule has 2 heterocycles. The minimum atomic E-state index is -0.744. The predicted molar refractivity (Wildman–Crippen MR) is 109 cm³/mol. The van der Waals surface area contributed by atoms with Crippen LogP contribution < -0.4 is 20.1 Å². The number of nitrogens with zero attached hydrogens (tertiary/aromatic N) is 3. The van der Waals surface area contributed by atoms with Gasteiger partial charge in [0, 0.05) is 25.7 Å². The fraction of sp³-hybridized carbons (Fsp3) is 0.545. The maximum atomic E-state index is 14.5. The first-order valence-corrected chi connectivity index (χ1v) is 10.5. The smallest absolute Gasteiger partial charge is 0.352 e. The minimum Gasteiger partial charge on any atom is -0.484 e. The van der Waals surface area contributed by atoms with E-state index in [1.807, 2.05) is 11.9 Å². The van der Waals surface area contributed by atoms with E-state index in [0.29, 0.717) is 18.2 Å². The number of halogens is 2. The highest BCUT2D eigenvalue weighted by Crippen LogP contribution is 2.29. The fourth-order valence-electron chi connectivity index (χ4n) is 4.10. The summed E-state index contributed by atoms with van der Waals surface area (Å²) in [7, 11) is 1.91. The van der Waals surface area contributed by atoms with Gasteiger partial charge in [-0.2, -0.15) is 4.98 Å². The summed E-state index contributed by atoms with van der Waals surface area (Å²) < 4.78 is 41.7. The molecular formula is C22H27F2N3O3. The second-order valence-corrected chi connectivity index (χ2v) is 8.19. The largest absolute Gasteiger partial charge is 0.484 e. The van der Waals surface area contributed by atoms with E-state index >= 15 is 0 Å². The number of hydrogen-bond acceptors (Lipinski definition) is 5. The van der Waals surface area contributed by atoms with Crippen LogP contribution in [0.2, 0.25) is 0 Å². The van der Waals surface area contributed by atoms with Gasteiger partial charge < -0.3 is 14.4 Å². The van der Waals surface area contributed by atoms with E-state index in [-0.39, 0.29) is 24.3 Å². The van der Waals surface area contributed by atoms with Crippen LogP contribution in [0, 0.1) is 11.6 Å². The highest BCUT2D eigenvalue weighted by Gasteiger charge is 2.23. The molecule has 1 aliphatic carbocycles. The molecule has 0 unspecified atom stereocenters. The molecule has 1 aromatic heterocycles. The molecule has 30 heavy (non-hydrogen) atoms. The van der Waals surface area contributed by atoms with Gasteiger partial charge in [-0.3, -0.25) is 4.57 Å². The number of ether oxygens (including phenoxy) is 2. The molecule has 162 valence electrons. The highest BCUT2D eigenvalue weighted by atomic mass is 19.1. The first-order chi connectivity index (χ1) is 14.4. The standard InChI is InChI=1S/C22H27F2N3O3/c1-14-8-9-27-20(26(14)2)12-19(25-22(27)28)29-13-15-10-17(23)21(18(24)11-15)30-16-6-4-3-5-7-16/h10-12,14,16H,3-9,13H2,1-2H3/t14-/m0/s1. The summed E-state index contributed by atoms with van der Waals surface area (Å²) in [5, 5.41) is 0. The van der Waals surface area contributed by atoms with Crippen LogP contribution in [0.15, 0.2) is 23.0 Å². The Hall–Kier alpha value is -2.64. The average Bonchev–Trinajstić information content (AvgIpc) is 2.73. The van der Waals surface area contributed by atoms with Crippen molar-refractivity contribution in [2.45, 2.75) is 70.7 Å². The van der Waals surface area contributed by atoms with Crippen molar-refractivity contribution in [1.82, 2.24) is 9.55 Å². The lowest BCUT2D eigenvalue weighted by Crippen LogP contribution is -2.41. The maximum absolute atomic E-state index is 14.5. The molecule has 8 heteroatoms. The van der Waals surface area contributed by atoms with Crippen molar-refractivity contribution in [3.8, 4) is 11.6 Å². The summed E-state index contributed by atoms with van der Waals surface area (Å²) in [4.78, 5) is 18.2. The topological polar surface area (TPSA) is 56.6 Å². The second-order valence-electron chi connectivity index (χ2n) is 8.19. The first-order valence-electron chi connectivity index (χ1n) is 10.5.